The summed E-state index contributed by atoms with van der Waals surface area (Å²) in [6, 6.07) is 5.00. The van der Waals surface area contributed by atoms with Crippen molar-refractivity contribution in [3.8, 4) is 5.75 Å². The highest BCUT2D eigenvalue weighted by molar-refractivity contribution is 5.97. The predicted octanol–water partition coefficient (Wildman–Crippen LogP) is 3.94. The van der Waals surface area contributed by atoms with Crippen LogP contribution in [0.15, 0.2) is 18.2 Å². The van der Waals surface area contributed by atoms with E-state index >= 15 is 0 Å². The Balaban J connectivity index is 2.81. The standard InChI is InChI=1S/C15H19FN2O/c1-5-17-12-8-11(9(2)3)18-15-10(16)6-7-13(19-4)14(12)15/h6-9H,5H2,1-4H3,(H,17,18). The molecule has 0 atom stereocenters. The van der Waals surface area contributed by atoms with Crippen molar-refractivity contribution in [1.29, 1.82) is 0 Å². The number of nitrogens with one attached hydrogen (secondary N) is 1. The Morgan fingerprint density at radius 1 is 1.37 bits per heavy atom. The molecule has 0 spiro atoms. The monoisotopic (exact) mass is 262 g/mol. The molecule has 1 heterocycles. The van der Waals surface area contributed by atoms with E-state index in [0.717, 1.165) is 17.9 Å². The van der Waals surface area contributed by atoms with Gasteiger partial charge in [-0.15, -0.1) is 0 Å². The maximum Gasteiger partial charge on any atom is 0.149 e. The smallest absolute Gasteiger partial charge is 0.149 e. The van der Waals surface area contributed by atoms with Crippen LogP contribution in [0, 0.1) is 5.82 Å². The van der Waals surface area contributed by atoms with Gasteiger partial charge in [-0.2, -0.15) is 0 Å². The number of hydrogen-bond acceptors (Lipinski definition) is 3. The largest absolute Gasteiger partial charge is 0.496 e. The molecule has 0 aliphatic heterocycles. The van der Waals surface area contributed by atoms with Crippen molar-refractivity contribution in [2.75, 3.05) is 19.0 Å². The zero-order valence-corrected chi connectivity index (χ0v) is 11.7. The molecule has 3 nitrogen and oxygen atoms in total. The first-order chi connectivity index (χ1) is 9.08. The first-order valence-corrected chi connectivity index (χ1v) is 6.49. The molecular formula is C15H19FN2O. The van der Waals surface area contributed by atoms with Gasteiger partial charge in [-0.05, 0) is 31.0 Å². The second-order valence-electron chi connectivity index (χ2n) is 4.75. The molecule has 2 aromatic rings. The number of rotatable bonds is 4. The van der Waals surface area contributed by atoms with E-state index in [-0.39, 0.29) is 11.7 Å². The summed E-state index contributed by atoms with van der Waals surface area (Å²) in [5, 5.41) is 3.96. The molecule has 1 N–H and O–H groups in total. The van der Waals surface area contributed by atoms with Gasteiger partial charge in [0.1, 0.15) is 17.1 Å². The lowest BCUT2D eigenvalue weighted by Gasteiger charge is -2.15. The topological polar surface area (TPSA) is 34.2 Å². The second kappa shape index (κ2) is 5.43. The quantitative estimate of drug-likeness (QED) is 0.906. The Labute approximate surface area is 112 Å². The maximum atomic E-state index is 14.0. The normalized spacial score (nSPS) is 11.1. The highest BCUT2D eigenvalue weighted by atomic mass is 19.1. The molecule has 0 saturated carbocycles. The van der Waals surface area contributed by atoms with Crippen LogP contribution in [-0.2, 0) is 0 Å². The lowest BCUT2D eigenvalue weighted by Crippen LogP contribution is -2.03. The van der Waals surface area contributed by atoms with Gasteiger partial charge in [0, 0.05) is 17.9 Å². The summed E-state index contributed by atoms with van der Waals surface area (Å²) < 4.78 is 19.3. The average molecular weight is 262 g/mol. The number of hydrogen-bond donors (Lipinski definition) is 1. The first kappa shape index (κ1) is 13.6. The molecule has 0 fully saturated rings. The number of nitrogens with zero attached hydrogens (tertiary/aromatic N) is 1. The molecule has 0 bridgehead atoms. The molecule has 0 amide bonds. The van der Waals surface area contributed by atoms with Gasteiger partial charge in [0.15, 0.2) is 0 Å². The third-order valence-corrected chi connectivity index (χ3v) is 3.07. The van der Waals surface area contributed by atoms with Crippen LogP contribution >= 0.6 is 0 Å². The average Bonchev–Trinajstić information content (AvgIpc) is 2.39. The van der Waals surface area contributed by atoms with Crippen molar-refractivity contribution in [3.05, 3.63) is 29.7 Å². The fourth-order valence-electron chi connectivity index (χ4n) is 2.09. The fraction of sp³-hybridized carbons (Fsp3) is 0.400. The highest BCUT2D eigenvalue weighted by Gasteiger charge is 2.15. The summed E-state index contributed by atoms with van der Waals surface area (Å²) in [6.45, 7) is 6.85. The molecule has 1 aromatic carbocycles. The van der Waals surface area contributed by atoms with Crippen LogP contribution in [-0.4, -0.2) is 18.6 Å². The number of methoxy groups -OCH3 is 1. The van der Waals surface area contributed by atoms with E-state index in [2.05, 4.69) is 10.3 Å². The minimum Gasteiger partial charge on any atom is -0.496 e. The third-order valence-electron chi connectivity index (χ3n) is 3.07. The van der Waals surface area contributed by atoms with Crippen LogP contribution in [0.5, 0.6) is 5.75 Å². The van der Waals surface area contributed by atoms with Crippen molar-refractivity contribution >= 4 is 16.6 Å². The maximum absolute atomic E-state index is 14.0. The van der Waals surface area contributed by atoms with E-state index in [0.29, 0.717) is 16.7 Å². The fourth-order valence-corrected chi connectivity index (χ4v) is 2.09. The van der Waals surface area contributed by atoms with Crippen LogP contribution in [0.2, 0.25) is 0 Å². The van der Waals surface area contributed by atoms with Gasteiger partial charge in [-0.1, -0.05) is 13.8 Å². The molecule has 2 rings (SSSR count). The van der Waals surface area contributed by atoms with Gasteiger partial charge in [-0.25, -0.2) is 9.37 Å². The van der Waals surface area contributed by atoms with E-state index in [1.807, 2.05) is 26.8 Å². The van der Waals surface area contributed by atoms with Gasteiger partial charge in [0.25, 0.3) is 0 Å². The number of anilines is 1. The lowest BCUT2D eigenvalue weighted by molar-refractivity contribution is 0.419. The first-order valence-electron chi connectivity index (χ1n) is 6.49. The van der Waals surface area contributed by atoms with Gasteiger partial charge >= 0.3 is 0 Å². The molecule has 4 heteroatoms. The van der Waals surface area contributed by atoms with Crippen LogP contribution in [0.3, 0.4) is 0 Å². The van der Waals surface area contributed by atoms with Gasteiger partial charge in [0.2, 0.25) is 0 Å². The van der Waals surface area contributed by atoms with Gasteiger partial charge < -0.3 is 10.1 Å². The molecule has 0 unspecified atom stereocenters. The van der Waals surface area contributed by atoms with Crippen LogP contribution in [0.25, 0.3) is 10.9 Å². The van der Waals surface area contributed by atoms with Crippen molar-refractivity contribution in [3.63, 3.8) is 0 Å². The Bertz CT molecular complexity index is 596. The van der Waals surface area contributed by atoms with Crippen molar-refractivity contribution < 1.29 is 9.13 Å². The SMILES string of the molecule is CCNc1cc(C(C)C)nc2c(F)ccc(OC)c12. The number of fused-ring (bicyclic) bond motifs is 1. The number of halogens is 1. The number of pyridine rings is 1. The summed E-state index contributed by atoms with van der Waals surface area (Å²) in [6.07, 6.45) is 0. The predicted molar refractivity (Wildman–Crippen MR) is 76.5 cm³/mol. The van der Waals surface area contributed by atoms with Crippen LogP contribution in [0.1, 0.15) is 32.4 Å². The molecule has 0 aliphatic rings. The minimum atomic E-state index is -0.322. The van der Waals surface area contributed by atoms with Gasteiger partial charge in [-0.3, -0.25) is 0 Å². The zero-order chi connectivity index (χ0) is 14.0. The Morgan fingerprint density at radius 3 is 2.68 bits per heavy atom. The summed E-state index contributed by atoms with van der Waals surface area (Å²) in [4.78, 5) is 4.43. The minimum absolute atomic E-state index is 0.243. The van der Waals surface area contributed by atoms with Crippen molar-refractivity contribution in [2.24, 2.45) is 0 Å². The number of aromatic nitrogens is 1. The Morgan fingerprint density at radius 2 is 2.11 bits per heavy atom. The van der Waals surface area contributed by atoms with E-state index in [9.17, 15) is 4.39 Å². The van der Waals surface area contributed by atoms with Crippen molar-refractivity contribution in [2.45, 2.75) is 26.7 Å². The lowest BCUT2D eigenvalue weighted by atomic mass is 10.1. The molecule has 0 radical (unpaired) electrons. The molecular weight excluding hydrogens is 243 g/mol. The molecule has 0 aliphatic carbocycles. The number of ether oxygens (including phenoxy) is 1. The van der Waals surface area contributed by atoms with E-state index in [1.54, 1.807) is 13.2 Å². The summed E-state index contributed by atoms with van der Waals surface area (Å²) in [5.41, 5.74) is 2.10. The van der Waals surface area contributed by atoms with E-state index in [4.69, 9.17) is 4.74 Å². The van der Waals surface area contributed by atoms with Crippen molar-refractivity contribution in [1.82, 2.24) is 4.98 Å². The summed E-state index contributed by atoms with van der Waals surface area (Å²) >= 11 is 0. The van der Waals surface area contributed by atoms with Gasteiger partial charge in [0.05, 0.1) is 12.5 Å². The number of benzene rings is 1. The van der Waals surface area contributed by atoms with E-state index in [1.165, 1.54) is 6.07 Å². The molecule has 0 saturated heterocycles. The zero-order valence-electron chi connectivity index (χ0n) is 11.7. The Hall–Kier alpha value is -1.84. The molecule has 19 heavy (non-hydrogen) atoms. The van der Waals surface area contributed by atoms with Crippen LogP contribution < -0.4 is 10.1 Å². The highest BCUT2D eigenvalue weighted by Crippen LogP contribution is 2.34. The summed E-state index contributed by atoms with van der Waals surface area (Å²) in [5.74, 6) is 0.556. The van der Waals surface area contributed by atoms with E-state index < -0.39 is 0 Å². The Kier molecular flexibility index (Phi) is 3.88. The third kappa shape index (κ3) is 2.48. The summed E-state index contributed by atoms with van der Waals surface area (Å²) in [7, 11) is 1.58. The molecule has 102 valence electrons. The second-order valence-corrected chi connectivity index (χ2v) is 4.75. The van der Waals surface area contributed by atoms with Crippen LogP contribution in [0.4, 0.5) is 10.1 Å². The molecule has 1 aromatic heterocycles.